The molecule has 30 heavy (non-hydrogen) atoms. The highest BCUT2D eigenvalue weighted by Crippen LogP contribution is 2.40. The van der Waals surface area contributed by atoms with Gasteiger partial charge in [-0.05, 0) is 41.7 Å². The number of benzene rings is 2. The third-order valence-corrected chi connectivity index (χ3v) is 5.70. The van der Waals surface area contributed by atoms with E-state index in [2.05, 4.69) is 53.5 Å². The fourth-order valence-electron chi connectivity index (χ4n) is 4.28. The second-order valence-electron chi connectivity index (χ2n) is 7.57. The molecule has 0 unspecified atom stereocenters. The fourth-order valence-corrected chi connectivity index (χ4v) is 4.28. The highest BCUT2D eigenvalue weighted by atomic mass is 16.5. The molecule has 0 aromatic heterocycles. The van der Waals surface area contributed by atoms with Gasteiger partial charge < -0.3 is 19.5 Å². The minimum atomic E-state index is -0.100. The third kappa shape index (κ3) is 4.94. The zero-order valence-electron chi connectivity index (χ0n) is 18.3. The van der Waals surface area contributed by atoms with Gasteiger partial charge in [0.1, 0.15) is 6.61 Å². The maximum Gasteiger partial charge on any atom is 0.246 e. The van der Waals surface area contributed by atoms with Gasteiger partial charge in [-0.2, -0.15) is 0 Å². The lowest BCUT2D eigenvalue weighted by Gasteiger charge is -2.42. The van der Waals surface area contributed by atoms with Gasteiger partial charge >= 0.3 is 0 Å². The molecule has 6 nitrogen and oxygen atoms in total. The Kier molecular flexibility index (Phi) is 7.71. The largest absolute Gasteiger partial charge is 0.493 e. The van der Waals surface area contributed by atoms with Crippen molar-refractivity contribution in [2.45, 2.75) is 38.4 Å². The second-order valence-corrected chi connectivity index (χ2v) is 7.57. The molecule has 3 rings (SSSR count). The summed E-state index contributed by atoms with van der Waals surface area (Å²) < 4.78 is 16.1. The summed E-state index contributed by atoms with van der Waals surface area (Å²) in [5, 5.41) is 3.18. The predicted octanol–water partition coefficient (Wildman–Crippen LogP) is 3.34. The lowest BCUT2D eigenvalue weighted by atomic mass is 9.86. The molecule has 0 radical (unpaired) electrons. The molecule has 162 valence electrons. The zero-order chi connectivity index (χ0) is 21.5. The van der Waals surface area contributed by atoms with Gasteiger partial charge in [-0.3, -0.25) is 9.69 Å². The average Bonchev–Trinajstić information content (AvgIpc) is 2.77. The smallest absolute Gasteiger partial charge is 0.246 e. The number of hydrogen-bond acceptors (Lipinski definition) is 5. The molecule has 0 saturated carbocycles. The molecule has 0 spiro atoms. The SMILES string of the molecule is CC[C@@H](NC(=O)COC)[C@H]1c2cc(OC)c(OC)cc2CCN1Cc1ccccc1. The Morgan fingerprint density at radius 2 is 1.83 bits per heavy atom. The molecule has 6 heteroatoms. The van der Waals surface area contributed by atoms with E-state index >= 15 is 0 Å². The van der Waals surface area contributed by atoms with Gasteiger partial charge in [0.15, 0.2) is 11.5 Å². The van der Waals surface area contributed by atoms with Crippen LogP contribution in [-0.4, -0.2) is 51.3 Å². The Hall–Kier alpha value is -2.57. The van der Waals surface area contributed by atoms with Gasteiger partial charge in [-0.1, -0.05) is 37.3 Å². The monoisotopic (exact) mass is 412 g/mol. The third-order valence-electron chi connectivity index (χ3n) is 5.70. The molecule has 0 fully saturated rings. The van der Waals surface area contributed by atoms with Crippen LogP contribution >= 0.6 is 0 Å². The predicted molar refractivity (Wildman–Crippen MR) is 117 cm³/mol. The number of amides is 1. The quantitative estimate of drug-likeness (QED) is 0.685. The number of nitrogens with one attached hydrogen (secondary N) is 1. The lowest BCUT2D eigenvalue weighted by Crippen LogP contribution is -2.49. The maximum absolute atomic E-state index is 12.4. The Balaban J connectivity index is 2.00. The van der Waals surface area contributed by atoms with Gasteiger partial charge in [0, 0.05) is 26.2 Å². The molecule has 2 aromatic rings. The number of nitrogens with zero attached hydrogens (tertiary/aromatic N) is 1. The molecular weight excluding hydrogens is 380 g/mol. The minimum Gasteiger partial charge on any atom is -0.493 e. The highest BCUT2D eigenvalue weighted by Gasteiger charge is 2.35. The first-order valence-corrected chi connectivity index (χ1v) is 10.4. The number of hydrogen-bond donors (Lipinski definition) is 1. The highest BCUT2D eigenvalue weighted by molar-refractivity contribution is 5.77. The topological polar surface area (TPSA) is 60.0 Å². The van der Waals surface area contributed by atoms with Crippen molar-refractivity contribution in [1.29, 1.82) is 0 Å². The molecule has 1 aliphatic heterocycles. The van der Waals surface area contributed by atoms with E-state index in [1.165, 1.54) is 23.8 Å². The van der Waals surface area contributed by atoms with E-state index in [-0.39, 0.29) is 24.6 Å². The molecule has 1 heterocycles. The summed E-state index contributed by atoms with van der Waals surface area (Å²) in [7, 11) is 4.85. The molecule has 1 N–H and O–H groups in total. The standard InChI is InChI=1S/C24H32N2O4/c1-5-20(25-23(27)16-28-2)24-19-14-22(30-4)21(29-3)13-18(19)11-12-26(24)15-17-9-7-6-8-10-17/h6-10,13-14,20,24H,5,11-12,15-16H2,1-4H3,(H,25,27)/t20-,24-/m1/s1. The van der Waals surface area contributed by atoms with Gasteiger partial charge in [0.05, 0.1) is 20.3 Å². The number of ether oxygens (including phenoxy) is 3. The van der Waals surface area contributed by atoms with Crippen LogP contribution in [0.25, 0.3) is 0 Å². The molecule has 2 atom stereocenters. The van der Waals surface area contributed by atoms with Crippen molar-refractivity contribution in [3.05, 3.63) is 59.2 Å². The van der Waals surface area contributed by atoms with E-state index in [9.17, 15) is 4.79 Å². The summed E-state index contributed by atoms with van der Waals surface area (Å²) in [5.41, 5.74) is 3.67. The summed E-state index contributed by atoms with van der Waals surface area (Å²) in [6.45, 7) is 3.88. The molecule has 0 aliphatic carbocycles. The van der Waals surface area contributed by atoms with Crippen molar-refractivity contribution in [3.63, 3.8) is 0 Å². The number of carbonyl (C=O) groups excluding carboxylic acids is 1. The number of carbonyl (C=O) groups is 1. The van der Waals surface area contributed by atoms with E-state index in [1.807, 2.05) is 6.07 Å². The maximum atomic E-state index is 12.4. The van der Waals surface area contributed by atoms with E-state index in [0.29, 0.717) is 5.75 Å². The fraction of sp³-hybridized carbons (Fsp3) is 0.458. The average molecular weight is 413 g/mol. The molecule has 1 amide bonds. The Morgan fingerprint density at radius 1 is 1.13 bits per heavy atom. The van der Waals surface area contributed by atoms with Crippen LogP contribution in [0.3, 0.4) is 0 Å². The lowest BCUT2D eigenvalue weighted by molar-refractivity contribution is -0.126. The van der Waals surface area contributed by atoms with E-state index < -0.39 is 0 Å². The van der Waals surface area contributed by atoms with Crippen LogP contribution in [0.1, 0.15) is 36.1 Å². The van der Waals surface area contributed by atoms with Crippen molar-refractivity contribution in [1.82, 2.24) is 10.2 Å². The van der Waals surface area contributed by atoms with E-state index in [1.54, 1.807) is 14.2 Å². The first kappa shape index (κ1) is 22.1. The first-order valence-electron chi connectivity index (χ1n) is 10.4. The summed E-state index contributed by atoms with van der Waals surface area (Å²) in [6, 6.07) is 14.6. The molecule has 1 aliphatic rings. The Labute approximate surface area is 179 Å². The van der Waals surface area contributed by atoms with Crippen LogP contribution in [0.2, 0.25) is 0 Å². The summed E-state index contributed by atoms with van der Waals surface area (Å²) in [6.07, 6.45) is 1.72. The van der Waals surface area contributed by atoms with Gasteiger partial charge in [0.25, 0.3) is 0 Å². The molecule has 0 bridgehead atoms. The van der Waals surface area contributed by atoms with Crippen LogP contribution < -0.4 is 14.8 Å². The summed E-state index contributed by atoms with van der Waals surface area (Å²) in [4.78, 5) is 14.8. The van der Waals surface area contributed by atoms with Crippen molar-refractivity contribution in [3.8, 4) is 11.5 Å². The van der Waals surface area contributed by atoms with Crippen molar-refractivity contribution in [2.75, 3.05) is 34.5 Å². The minimum absolute atomic E-state index is 0.0274. The van der Waals surface area contributed by atoms with Gasteiger partial charge in [-0.25, -0.2) is 0 Å². The van der Waals surface area contributed by atoms with E-state index in [4.69, 9.17) is 14.2 Å². The Bertz CT molecular complexity index is 841. The van der Waals surface area contributed by atoms with E-state index in [0.717, 1.165) is 31.7 Å². The van der Waals surface area contributed by atoms with Crippen molar-refractivity contribution in [2.24, 2.45) is 0 Å². The normalized spacial score (nSPS) is 17.1. The van der Waals surface area contributed by atoms with Crippen LogP contribution in [0.4, 0.5) is 0 Å². The number of methoxy groups -OCH3 is 3. The molecular formula is C24H32N2O4. The van der Waals surface area contributed by atoms with Crippen LogP contribution in [0, 0.1) is 0 Å². The van der Waals surface area contributed by atoms with Crippen molar-refractivity contribution >= 4 is 5.91 Å². The Morgan fingerprint density at radius 3 is 2.47 bits per heavy atom. The van der Waals surface area contributed by atoms with Crippen LogP contribution in [0.5, 0.6) is 11.5 Å². The van der Waals surface area contributed by atoms with Crippen LogP contribution in [-0.2, 0) is 22.5 Å². The number of fused-ring (bicyclic) bond motifs is 1. The van der Waals surface area contributed by atoms with Crippen molar-refractivity contribution < 1.29 is 19.0 Å². The number of rotatable bonds is 9. The summed E-state index contributed by atoms with van der Waals surface area (Å²) in [5.74, 6) is 1.35. The molecule has 2 aromatic carbocycles. The van der Waals surface area contributed by atoms with Gasteiger partial charge in [-0.15, -0.1) is 0 Å². The summed E-state index contributed by atoms with van der Waals surface area (Å²) >= 11 is 0. The zero-order valence-corrected chi connectivity index (χ0v) is 18.3. The second kappa shape index (κ2) is 10.5. The first-order chi connectivity index (χ1) is 14.6. The van der Waals surface area contributed by atoms with Gasteiger partial charge in [0.2, 0.25) is 5.91 Å². The molecule has 0 saturated heterocycles. The van der Waals surface area contributed by atoms with Crippen LogP contribution in [0.15, 0.2) is 42.5 Å².